The van der Waals surface area contributed by atoms with Crippen LogP contribution in [0.25, 0.3) is 21.8 Å². The summed E-state index contributed by atoms with van der Waals surface area (Å²) in [5.74, 6) is 1.57. The lowest BCUT2D eigenvalue weighted by molar-refractivity contribution is 0.0500. The maximum atomic E-state index is 13.2. The van der Waals surface area contributed by atoms with E-state index >= 15 is 0 Å². The Labute approximate surface area is 251 Å². The lowest BCUT2D eigenvalue weighted by Gasteiger charge is -2.24. The number of carbonyl (C=O) groups excluding carboxylic acids is 1. The monoisotopic (exact) mass is 574 g/mol. The number of aromatic amines is 2. The largest absolute Gasteiger partial charge is 0.444 e. The van der Waals surface area contributed by atoms with Gasteiger partial charge < -0.3 is 24.6 Å². The normalized spacial score (nSPS) is 12.6. The quantitative estimate of drug-likeness (QED) is 0.170. The third-order valence-corrected chi connectivity index (χ3v) is 7.71. The number of alkyl carbamates (subject to hydrolysis) is 1. The van der Waals surface area contributed by atoms with E-state index in [9.17, 15) is 4.79 Å². The van der Waals surface area contributed by atoms with E-state index in [1.165, 1.54) is 16.5 Å². The molecule has 3 N–H and O–H groups in total. The summed E-state index contributed by atoms with van der Waals surface area (Å²) < 4.78 is 7.86. The lowest BCUT2D eigenvalue weighted by atomic mass is 10.0. The van der Waals surface area contributed by atoms with E-state index in [2.05, 4.69) is 87.6 Å². The van der Waals surface area contributed by atoms with E-state index < -0.39 is 17.7 Å². The van der Waals surface area contributed by atoms with E-state index in [0.717, 1.165) is 39.8 Å². The van der Waals surface area contributed by atoms with Crippen LogP contribution in [0.1, 0.15) is 60.7 Å². The third kappa shape index (κ3) is 6.48. The Kier molecular flexibility index (Phi) is 7.76. The fourth-order valence-electron chi connectivity index (χ4n) is 5.60. The second kappa shape index (κ2) is 11.8. The summed E-state index contributed by atoms with van der Waals surface area (Å²) >= 11 is 0. The second-order valence-electron chi connectivity index (χ2n) is 12.2. The molecule has 3 aromatic carbocycles. The Morgan fingerprint density at radius 3 is 2.16 bits per heavy atom. The maximum absolute atomic E-state index is 13.2. The summed E-state index contributed by atoms with van der Waals surface area (Å²) in [7, 11) is 0. The predicted molar refractivity (Wildman–Crippen MR) is 170 cm³/mol. The van der Waals surface area contributed by atoms with Crippen LogP contribution in [0.15, 0.2) is 85.2 Å². The molecule has 0 unspecified atom stereocenters. The van der Waals surface area contributed by atoms with Crippen LogP contribution in [0.4, 0.5) is 4.79 Å². The summed E-state index contributed by atoms with van der Waals surface area (Å²) in [6.45, 7) is 8.27. The molecule has 8 nitrogen and oxygen atoms in total. The number of nitrogens with one attached hydrogen (secondary N) is 3. The van der Waals surface area contributed by atoms with Gasteiger partial charge in [-0.05, 0) is 62.9 Å². The van der Waals surface area contributed by atoms with Gasteiger partial charge in [0.1, 0.15) is 11.4 Å². The molecule has 1 atom stereocenters. The number of fused-ring (bicyclic) bond motifs is 2. The molecule has 0 spiro atoms. The number of benzene rings is 3. The van der Waals surface area contributed by atoms with E-state index in [1.54, 1.807) is 0 Å². The summed E-state index contributed by atoms with van der Waals surface area (Å²) in [6.07, 6.45) is 5.64. The lowest BCUT2D eigenvalue weighted by Crippen LogP contribution is -2.37. The predicted octanol–water partition coefficient (Wildman–Crippen LogP) is 7.19. The average Bonchev–Trinajstić information content (AvgIpc) is 3.69. The van der Waals surface area contributed by atoms with Crippen molar-refractivity contribution < 1.29 is 9.53 Å². The first kappa shape index (κ1) is 28.3. The molecule has 8 heteroatoms. The fraction of sp³-hybridized carbons (Fsp3) is 0.286. The number of amides is 1. The van der Waals surface area contributed by atoms with Gasteiger partial charge in [0, 0.05) is 47.0 Å². The molecule has 3 heterocycles. The molecule has 0 fully saturated rings. The minimum atomic E-state index is -0.629. The van der Waals surface area contributed by atoms with Crippen LogP contribution >= 0.6 is 0 Å². The smallest absolute Gasteiger partial charge is 0.408 e. The van der Waals surface area contributed by atoms with Crippen molar-refractivity contribution >= 4 is 27.9 Å². The van der Waals surface area contributed by atoms with Gasteiger partial charge in [-0.1, -0.05) is 66.2 Å². The van der Waals surface area contributed by atoms with Crippen molar-refractivity contribution in [3.63, 3.8) is 0 Å². The first-order valence-corrected chi connectivity index (χ1v) is 14.8. The molecule has 6 rings (SSSR count). The zero-order chi connectivity index (χ0) is 30.0. The Balaban J connectivity index is 1.37. The number of ether oxygens (including phenoxy) is 1. The Morgan fingerprint density at radius 2 is 1.49 bits per heavy atom. The number of rotatable bonds is 9. The second-order valence-corrected chi connectivity index (χ2v) is 12.2. The number of para-hydroxylation sites is 2. The van der Waals surface area contributed by atoms with Crippen molar-refractivity contribution in [1.29, 1.82) is 0 Å². The number of aryl methyl sites for hydroxylation is 3. The van der Waals surface area contributed by atoms with Crippen LogP contribution in [-0.4, -0.2) is 36.4 Å². The van der Waals surface area contributed by atoms with E-state index in [1.807, 2.05) is 45.2 Å². The van der Waals surface area contributed by atoms with Gasteiger partial charge in [0.25, 0.3) is 0 Å². The molecule has 6 aromatic rings. The Morgan fingerprint density at radius 1 is 0.860 bits per heavy atom. The van der Waals surface area contributed by atoms with Crippen LogP contribution in [0.3, 0.4) is 0 Å². The summed E-state index contributed by atoms with van der Waals surface area (Å²) in [5.41, 5.74) is 6.22. The van der Waals surface area contributed by atoms with Crippen LogP contribution in [0.5, 0.6) is 0 Å². The van der Waals surface area contributed by atoms with E-state index in [4.69, 9.17) is 14.9 Å². The average molecular weight is 575 g/mol. The number of hydrogen-bond donors (Lipinski definition) is 3. The zero-order valence-electron chi connectivity index (χ0n) is 25.1. The maximum Gasteiger partial charge on any atom is 0.408 e. The number of nitrogens with zero attached hydrogens (tertiary/aromatic N) is 3. The Bertz CT molecular complexity index is 1860. The molecule has 0 bridgehead atoms. The fourth-order valence-corrected chi connectivity index (χ4v) is 5.60. The molecule has 0 aliphatic carbocycles. The van der Waals surface area contributed by atoms with Gasteiger partial charge in [0.2, 0.25) is 0 Å². The van der Waals surface area contributed by atoms with Crippen molar-refractivity contribution in [2.45, 2.75) is 65.1 Å². The highest BCUT2D eigenvalue weighted by atomic mass is 16.6. The first-order valence-electron chi connectivity index (χ1n) is 14.8. The molecule has 43 heavy (non-hydrogen) atoms. The molecule has 0 radical (unpaired) electrons. The van der Waals surface area contributed by atoms with Crippen LogP contribution < -0.4 is 5.32 Å². The van der Waals surface area contributed by atoms with Crippen molar-refractivity contribution in [3.8, 4) is 0 Å². The SMILES string of the molecule is Cc1ccc(Cn2c(CCc3c[nH]c4ccccc34)nnc2[C@@H](Cc2c[nH]c3ccccc23)NC(=O)OC(C)(C)C)cc1. The van der Waals surface area contributed by atoms with Gasteiger partial charge >= 0.3 is 6.09 Å². The van der Waals surface area contributed by atoms with Crippen molar-refractivity contribution in [2.75, 3.05) is 0 Å². The number of H-pyrrole nitrogens is 2. The molecular weight excluding hydrogens is 536 g/mol. The number of aromatic nitrogens is 5. The highest BCUT2D eigenvalue weighted by Gasteiger charge is 2.27. The number of hydrogen-bond acceptors (Lipinski definition) is 4. The van der Waals surface area contributed by atoms with Crippen molar-refractivity contribution in [2.24, 2.45) is 0 Å². The molecule has 3 aromatic heterocycles. The minimum Gasteiger partial charge on any atom is -0.444 e. The highest BCUT2D eigenvalue weighted by Crippen LogP contribution is 2.27. The molecular formula is C35H38N6O2. The van der Waals surface area contributed by atoms with Gasteiger partial charge in [0.05, 0.1) is 12.6 Å². The highest BCUT2D eigenvalue weighted by molar-refractivity contribution is 5.84. The molecule has 0 aliphatic rings. The van der Waals surface area contributed by atoms with Gasteiger partial charge in [0.15, 0.2) is 5.82 Å². The van der Waals surface area contributed by atoms with Gasteiger partial charge in [-0.3, -0.25) is 0 Å². The van der Waals surface area contributed by atoms with E-state index in [0.29, 0.717) is 25.2 Å². The molecule has 0 saturated carbocycles. The van der Waals surface area contributed by atoms with Crippen LogP contribution in [0, 0.1) is 6.92 Å². The summed E-state index contributed by atoms with van der Waals surface area (Å²) in [5, 5.41) is 14.9. The third-order valence-electron chi connectivity index (χ3n) is 7.71. The minimum absolute atomic E-state index is 0.464. The molecule has 0 saturated heterocycles. The van der Waals surface area contributed by atoms with Crippen molar-refractivity contribution in [3.05, 3.63) is 119 Å². The standard InChI is InChI=1S/C35H38N6O2/c1-23-13-15-24(16-14-23)22-41-32(18-17-25-20-36-29-11-7-5-9-27(25)29)39-40-33(41)31(38-34(42)43-35(2,3)4)19-26-21-37-30-12-8-6-10-28(26)30/h5-16,20-21,31,36-37H,17-19,22H2,1-4H3,(H,38,42)/t31-/m1/s1. The summed E-state index contributed by atoms with van der Waals surface area (Å²) in [6, 6.07) is 24.6. The molecule has 220 valence electrons. The number of carbonyl (C=O) groups is 1. The summed E-state index contributed by atoms with van der Waals surface area (Å²) in [4.78, 5) is 19.9. The molecule has 1 amide bonds. The van der Waals surface area contributed by atoms with Crippen LogP contribution in [-0.2, 0) is 30.5 Å². The zero-order valence-corrected chi connectivity index (χ0v) is 25.1. The Hall–Kier alpha value is -4.85. The van der Waals surface area contributed by atoms with Gasteiger partial charge in [-0.2, -0.15) is 0 Å². The first-order chi connectivity index (χ1) is 20.7. The van der Waals surface area contributed by atoms with Gasteiger partial charge in [-0.25, -0.2) is 4.79 Å². The van der Waals surface area contributed by atoms with Crippen LogP contribution in [0.2, 0.25) is 0 Å². The topological polar surface area (TPSA) is 101 Å². The molecule has 0 aliphatic heterocycles. The van der Waals surface area contributed by atoms with Gasteiger partial charge in [-0.15, -0.1) is 10.2 Å². The van der Waals surface area contributed by atoms with E-state index in [-0.39, 0.29) is 0 Å². The van der Waals surface area contributed by atoms with Crippen molar-refractivity contribution in [1.82, 2.24) is 30.0 Å².